The van der Waals surface area contributed by atoms with Crippen LogP contribution in [0.5, 0.6) is 5.75 Å². The van der Waals surface area contributed by atoms with Crippen LogP contribution in [0.4, 0.5) is 0 Å². The molecule has 2 aliphatic rings. The maximum atomic E-state index is 13.2. The molecule has 0 radical (unpaired) electrons. The van der Waals surface area contributed by atoms with E-state index in [4.69, 9.17) is 14.5 Å². The Hall–Kier alpha value is -3.91. The van der Waals surface area contributed by atoms with Gasteiger partial charge in [0, 0.05) is 57.7 Å². The van der Waals surface area contributed by atoms with E-state index in [1.54, 1.807) is 4.57 Å². The summed E-state index contributed by atoms with van der Waals surface area (Å²) in [7, 11) is 3.40. The molecular weight excluding hydrogens is 468 g/mol. The Morgan fingerprint density at radius 3 is 2.49 bits per heavy atom. The van der Waals surface area contributed by atoms with E-state index in [9.17, 15) is 9.59 Å². The predicted molar refractivity (Wildman–Crippen MR) is 140 cm³/mol. The van der Waals surface area contributed by atoms with Crippen molar-refractivity contribution in [1.82, 2.24) is 19.0 Å². The molecule has 0 saturated heterocycles. The number of para-hydroxylation sites is 2. The van der Waals surface area contributed by atoms with Gasteiger partial charge in [0.15, 0.2) is 0 Å². The van der Waals surface area contributed by atoms with Crippen LogP contribution in [0.2, 0.25) is 0 Å². The van der Waals surface area contributed by atoms with Gasteiger partial charge in [-0.15, -0.1) is 0 Å². The second-order valence-corrected chi connectivity index (χ2v) is 9.83. The highest BCUT2D eigenvalue weighted by Crippen LogP contribution is 2.30. The average Bonchev–Trinajstić information content (AvgIpc) is 3.37. The minimum absolute atomic E-state index is 0.122. The second kappa shape index (κ2) is 9.52. The number of hydrogen-bond donors (Lipinski definition) is 0. The third-order valence-corrected chi connectivity index (χ3v) is 7.63. The highest BCUT2D eigenvalue weighted by molar-refractivity contribution is 5.93. The molecule has 190 valence electrons. The van der Waals surface area contributed by atoms with E-state index < -0.39 is 5.97 Å². The first-order valence-electron chi connectivity index (χ1n) is 12.7. The summed E-state index contributed by atoms with van der Waals surface area (Å²) in [5.41, 5.74) is 5.44. The number of aryl methyl sites for hydroxylation is 1. The number of methoxy groups -OCH3 is 1. The molecule has 2 aromatic carbocycles. The summed E-state index contributed by atoms with van der Waals surface area (Å²) < 4.78 is 15.3. The Bertz CT molecular complexity index is 1530. The van der Waals surface area contributed by atoms with Crippen LogP contribution in [0.15, 0.2) is 59.4 Å². The number of hydrogen-bond acceptors (Lipinski definition) is 6. The van der Waals surface area contributed by atoms with Crippen molar-refractivity contribution in [1.29, 1.82) is 0 Å². The SMILES string of the molecule is COC(=O)c1c(OC2Cc3ccccc3C2)cc(=O)n2c1CCN(Cc1nc3ccccc3n1C)CC2. The van der Waals surface area contributed by atoms with Crippen molar-refractivity contribution >= 4 is 17.0 Å². The van der Waals surface area contributed by atoms with Crippen molar-refractivity contribution in [3.63, 3.8) is 0 Å². The topological polar surface area (TPSA) is 78.6 Å². The zero-order chi connectivity index (χ0) is 25.5. The molecule has 2 aromatic heterocycles. The molecule has 4 aromatic rings. The van der Waals surface area contributed by atoms with E-state index in [0.29, 0.717) is 49.6 Å². The Kier molecular flexibility index (Phi) is 6.04. The number of fused-ring (bicyclic) bond motifs is 3. The maximum absolute atomic E-state index is 13.2. The normalized spacial score (nSPS) is 15.8. The molecule has 8 nitrogen and oxygen atoms in total. The fourth-order valence-electron chi connectivity index (χ4n) is 5.68. The van der Waals surface area contributed by atoms with E-state index in [1.165, 1.54) is 24.3 Å². The highest BCUT2D eigenvalue weighted by atomic mass is 16.5. The summed E-state index contributed by atoms with van der Waals surface area (Å²) in [5, 5.41) is 0. The smallest absolute Gasteiger partial charge is 0.343 e. The number of carbonyl (C=O) groups is 1. The first-order valence-corrected chi connectivity index (χ1v) is 12.7. The van der Waals surface area contributed by atoms with E-state index >= 15 is 0 Å². The number of nitrogens with zero attached hydrogens (tertiary/aromatic N) is 4. The summed E-state index contributed by atoms with van der Waals surface area (Å²) in [4.78, 5) is 33.3. The molecule has 0 unspecified atom stereocenters. The molecule has 6 rings (SSSR count). The molecule has 8 heteroatoms. The number of carbonyl (C=O) groups excluding carboxylic acids is 1. The van der Waals surface area contributed by atoms with Gasteiger partial charge < -0.3 is 18.6 Å². The molecular formula is C29H30N4O4. The van der Waals surface area contributed by atoms with Crippen LogP contribution in [0.25, 0.3) is 11.0 Å². The molecule has 1 aliphatic carbocycles. The number of aromatic nitrogens is 3. The average molecular weight is 499 g/mol. The molecule has 0 saturated carbocycles. The number of ether oxygens (including phenoxy) is 2. The summed E-state index contributed by atoms with van der Waals surface area (Å²) >= 11 is 0. The quantitative estimate of drug-likeness (QED) is 0.394. The van der Waals surface area contributed by atoms with E-state index in [1.807, 2.05) is 37.4 Å². The first-order chi connectivity index (χ1) is 18.0. The van der Waals surface area contributed by atoms with Crippen molar-refractivity contribution in [2.24, 2.45) is 7.05 Å². The summed E-state index contributed by atoms with van der Waals surface area (Å²) in [6.45, 7) is 2.50. The highest BCUT2D eigenvalue weighted by Gasteiger charge is 2.29. The fourth-order valence-corrected chi connectivity index (χ4v) is 5.68. The maximum Gasteiger partial charge on any atom is 0.343 e. The molecule has 0 bridgehead atoms. The fraction of sp³-hybridized carbons (Fsp3) is 0.345. The zero-order valence-corrected chi connectivity index (χ0v) is 21.1. The number of pyridine rings is 1. The van der Waals surface area contributed by atoms with E-state index in [-0.39, 0.29) is 11.7 Å². The third-order valence-electron chi connectivity index (χ3n) is 7.63. The van der Waals surface area contributed by atoms with Crippen LogP contribution in [-0.4, -0.2) is 51.3 Å². The first kappa shape index (κ1) is 23.5. The zero-order valence-electron chi connectivity index (χ0n) is 21.1. The number of esters is 1. The third kappa shape index (κ3) is 4.31. The Labute approximate surface area is 215 Å². The Balaban J connectivity index is 1.27. The molecule has 0 fully saturated rings. The van der Waals surface area contributed by atoms with Crippen LogP contribution in [0, 0.1) is 0 Å². The van der Waals surface area contributed by atoms with Gasteiger partial charge in [-0.05, 0) is 23.3 Å². The summed E-state index contributed by atoms with van der Waals surface area (Å²) in [6.07, 6.45) is 1.91. The van der Waals surface area contributed by atoms with Crippen LogP contribution in [0.1, 0.15) is 33.0 Å². The van der Waals surface area contributed by atoms with Gasteiger partial charge in [-0.1, -0.05) is 36.4 Å². The number of benzene rings is 2. The van der Waals surface area contributed by atoms with Crippen molar-refractivity contribution in [3.05, 3.63) is 93.2 Å². The van der Waals surface area contributed by atoms with Gasteiger partial charge in [0.1, 0.15) is 23.2 Å². The number of rotatable bonds is 5. The monoisotopic (exact) mass is 498 g/mol. The lowest BCUT2D eigenvalue weighted by molar-refractivity contribution is 0.0590. The molecule has 0 N–H and O–H groups in total. The lowest BCUT2D eigenvalue weighted by atomic mass is 10.1. The van der Waals surface area contributed by atoms with Gasteiger partial charge in [0.25, 0.3) is 5.56 Å². The van der Waals surface area contributed by atoms with Crippen molar-refractivity contribution in [3.8, 4) is 5.75 Å². The Morgan fingerprint density at radius 1 is 1.03 bits per heavy atom. The van der Waals surface area contributed by atoms with E-state index in [2.05, 4.69) is 27.7 Å². The molecule has 1 aliphatic heterocycles. The molecule has 0 amide bonds. The van der Waals surface area contributed by atoms with Gasteiger partial charge in [-0.25, -0.2) is 9.78 Å². The predicted octanol–water partition coefficient (Wildman–Crippen LogP) is 3.13. The van der Waals surface area contributed by atoms with Gasteiger partial charge in [0.2, 0.25) is 0 Å². The van der Waals surface area contributed by atoms with Gasteiger partial charge in [-0.3, -0.25) is 9.69 Å². The lowest BCUT2D eigenvalue weighted by Gasteiger charge is -2.20. The van der Waals surface area contributed by atoms with Crippen LogP contribution in [0.3, 0.4) is 0 Å². The second-order valence-electron chi connectivity index (χ2n) is 9.83. The lowest BCUT2D eigenvalue weighted by Crippen LogP contribution is -2.30. The Morgan fingerprint density at radius 2 is 1.76 bits per heavy atom. The van der Waals surface area contributed by atoms with Gasteiger partial charge in [-0.2, -0.15) is 0 Å². The van der Waals surface area contributed by atoms with Crippen LogP contribution < -0.4 is 10.3 Å². The minimum Gasteiger partial charge on any atom is -0.489 e. The largest absolute Gasteiger partial charge is 0.489 e. The molecule has 0 spiro atoms. The van der Waals surface area contributed by atoms with Gasteiger partial charge in [0.05, 0.1) is 24.7 Å². The van der Waals surface area contributed by atoms with Crippen molar-refractivity contribution in [2.75, 3.05) is 20.2 Å². The molecule has 0 atom stereocenters. The summed E-state index contributed by atoms with van der Waals surface area (Å²) in [5.74, 6) is 0.820. The number of imidazole rings is 1. The van der Waals surface area contributed by atoms with E-state index in [0.717, 1.165) is 29.7 Å². The molecule has 37 heavy (non-hydrogen) atoms. The standard InChI is InChI=1S/C29H30N4O4/c1-31-23-10-6-5-9-22(23)30-26(31)18-32-12-11-24-28(29(35)36-2)25(17-27(34)33(24)14-13-32)37-21-15-19-7-3-4-8-20(19)16-21/h3-10,17,21H,11-16,18H2,1-2H3. The van der Waals surface area contributed by atoms with Crippen LogP contribution >= 0.6 is 0 Å². The summed E-state index contributed by atoms with van der Waals surface area (Å²) in [6, 6.07) is 17.8. The van der Waals surface area contributed by atoms with Gasteiger partial charge >= 0.3 is 5.97 Å². The van der Waals surface area contributed by atoms with Crippen molar-refractivity contribution in [2.45, 2.75) is 38.5 Å². The van der Waals surface area contributed by atoms with Crippen molar-refractivity contribution < 1.29 is 14.3 Å². The minimum atomic E-state index is -0.474. The van der Waals surface area contributed by atoms with Crippen LogP contribution in [-0.2, 0) is 44.1 Å². The molecule has 3 heterocycles.